The Morgan fingerprint density at radius 3 is 1.14 bits per heavy atom. The minimum absolute atomic E-state index is 0. The molecule has 0 heterocycles. The van der Waals surface area contributed by atoms with Gasteiger partial charge in [-0.1, -0.05) is 0 Å². The topological polar surface area (TPSA) is 80.3 Å². The molecule has 0 aliphatic carbocycles. The van der Waals surface area contributed by atoms with Crippen LogP contribution in [0, 0.1) is 0 Å². The van der Waals surface area contributed by atoms with Crippen LogP contribution in [0.3, 0.4) is 0 Å². The first kappa shape index (κ1) is 15.9. The van der Waals surface area contributed by atoms with Crippen molar-refractivity contribution in [2.45, 2.75) is 0 Å². The fourth-order valence-corrected chi connectivity index (χ4v) is 0. The largest absolute Gasteiger partial charge is 3.00 e. The Bertz CT molecular complexity index is 94.9. The standard InChI is InChI=1S/Ca.Cr.H2O4S/c;;1-5(2,3)4/h;;(H2,1,2,3,4)/q+2;+3;/p-2. The van der Waals surface area contributed by atoms with Crippen LogP contribution in [0.1, 0.15) is 0 Å². The van der Waals surface area contributed by atoms with E-state index in [1.54, 1.807) is 0 Å². The van der Waals surface area contributed by atoms with E-state index < -0.39 is 10.4 Å². The van der Waals surface area contributed by atoms with Gasteiger partial charge in [0, 0.05) is 10.4 Å². The molecule has 0 atom stereocenters. The second kappa shape index (κ2) is 5.79. The van der Waals surface area contributed by atoms with E-state index in [4.69, 9.17) is 17.5 Å². The van der Waals surface area contributed by atoms with Crippen molar-refractivity contribution in [2.75, 3.05) is 0 Å². The van der Waals surface area contributed by atoms with E-state index in [9.17, 15) is 0 Å². The predicted octanol–water partition coefficient (Wildman–Crippen LogP) is -1.72. The van der Waals surface area contributed by atoms with Crippen LogP contribution in [-0.4, -0.2) is 55.3 Å². The zero-order chi connectivity index (χ0) is 4.50. The molecule has 4 nitrogen and oxygen atoms in total. The van der Waals surface area contributed by atoms with Crippen LogP contribution in [0.2, 0.25) is 0 Å². The monoisotopic (exact) mass is 188 g/mol. The average Bonchev–Trinajstić information content (AvgIpc) is 0.722. The number of rotatable bonds is 0. The maximum atomic E-state index is 8.52. The molecule has 7 heavy (non-hydrogen) atoms. The van der Waals surface area contributed by atoms with Crippen LogP contribution in [0.5, 0.6) is 0 Å². The summed E-state index contributed by atoms with van der Waals surface area (Å²) in [5.74, 6) is 0. The smallest absolute Gasteiger partial charge is 0.759 e. The van der Waals surface area contributed by atoms with Crippen molar-refractivity contribution in [3.63, 3.8) is 0 Å². The fraction of sp³-hybridized carbons (Fsp3) is 0. The molecule has 1 radical (unpaired) electrons. The van der Waals surface area contributed by atoms with Crippen LogP contribution in [0.25, 0.3) is 0 Å². The molecule has 7 heteroatoms. The van der Waals surface area contributed by atoms with Crippen molar-refractivity contribution in [1.29, 1.82) is 0 Å². The Morgan fingerprint density at radius 2 is 1.14 bits per heavy atom. The van der Waals surface area contributed by atoms with Crippen LogP contribution in [0.15, 0.2) is 0 Å². The van der Waals surface area contributed by atoms with E-state index in [2.05, 4.69) is 0 Å². The molecule has 0 unspecified atom stereocenters. The van der Waals surface area contributed by atoms with Crippen LogP contribution >= 0.6 is 0 Å². The first-order chi connectivity index (χ1) is 2.00. The Labute approximate surface area is 82.0 Å². The number of hydrogen-bond donors (Lipinski definition) is 0. The summed E-state index contributed by atoms with van der Waals surface area (Å²) in [6, 6.07) is 0. The normalized spacial score (nSPS) is 8.29. The Hall–Kier alpha value is 1.66. The molecule has 0 rings (SSSR count). The second-order valence-corrected chi connectivity index (χ2v) is 1.22. The maximum Gasteiger partial charge on any atom is 3.00 e. The summed E-state index contributed by atoms with van der Waals surface area (Å²) in [4.78, 5) is 0. The summed E-state index contributed by atoms with van der Waals surface area (Å²) in [5.41, 5.74) is 0. The molecule has 0 N–H and O–H groups in total. The van der Waals surface area contributed by atoms with E-state index in [-0.39, 0.29) is 55.1 Å². The third-order valence-electron chi connectivity index (χ3n) is 0. The predicted molar refractivity (Wildman–Crippen MR) is 16.2 cm³/mol. The zero-order valence-corrected chi connectivity index (χ0v) is 7.46. The summed E-state index contributed by atoms with van der Waals surface area (Å²) in [7, 11) is -5.17. The third kappa shape index (κ3) is 88.9. The summed E-state index contributed by atoms with van der Waals surface area (Å²) in [5, 5.41) is 0. The minimum atomic E-state index is -5.17. The minimum Gasteiger partial charge on any atom is -0.759 e. The molecule has 0 fully saturated rings. The van der Waals surface area contributed by atoms with Crippen molar-refractivity contribution >= 4 is 48.1 Å². The van der Waals surface area contributed by atoms with Crippen molar-refractivity contribution < 1.29 is 34.9 Å². The molecule has 0 aromatic rings. The van der Waals surface area contributed by atoms with Crippen LogP contribution in [0.4, 0.5) is 0 Å². The van der Waals surface area contributed by atoms with Gasteiger partial charge in [-0.3, -0.25) is 8.42 Å². The molecular weight excluding hydrogens is 188 g/mol. The maximum absolute atomic E-state index is 8.52. The second-order valence-electron chi connectivity index (χ2n) is 0.408. The molecule has 0 saturated heterocycles. The van der Waals surface area contributed by atoms with Gasteiger partial charge < -0.3 is 9.11 Å². The van der Waals surface area contributed by atoms with Crippen molar-refractivity contribution in [1.82, 2.24) is 0 Å². The zero-order valence-electron chi connectivity index (χ0n) is 3.16. The van der Waals surface area contributed by atoms with Gasteiger partial charge in [-0.15, -0.1) is 0 Å². The molecule has 0 aromatic heterocycles. The van der Waals surface area contributed by atoms with Crippen molar-refractivity contribution in [2.24, 2.45) is 0 Å². The molecule has 0 spiro atoms. The third-order valence-corrected chi connectivity index (χ3v) is 0. The average molecular weight is 188 g/mol. The summed E-state index contributed by atoms with van der Waals surface area (Å²) in [6.07, 6.45) is 0. The van der Waals surface area contributed by atoms with Gasteiger partial charge in [-0.25, -0.2) is 0 Å². The van der Waals surface area contributed by atoms with E-state index >= 15 is 0 Å². The quantitative estimate of drug-likeness (QED) is 0.257. The van der Waals surface area contributed by atoms with Gasteiger partial charge in [0.15, 0.2) is 0 Å². The van der Waals surface area contributed by atoms with Gasteiger partial charge in [0.1, 0.15) is 0 Å². The molecule has 0 aliphatic rings. The van der Waals surface area contributed by atoms with Gasteiger partial charge in [-0.05, 0) is 0 Å². The van der Waals surface area contributed by atoms with E-state index in [0.717, 1.165) is 0 Å². The van der Waals surface area contributed by atoms with Gasteiger partial charge in [0.25, 0.3) is 0 Å². The first-order valence-electron chi connectivity index (χ1n) is 0.667. The van der Waals surface area contributed by atoms with E-state index in [1.807, 2.05) is 0 Å². The summed E-state index contributed by atoms with van der Waals surface area (Å²) >= 11 is 0. The molecule has 0 bridgehead atoms. The molecule has 0 saturated carbocycles. The van der Waals surface area contributed by atoms with Gasteiger partial charge in [-0.2, -0.15) is 0 Å². The number of hydrogen-bond acceptors (Lipinski definition) is 4. The molecule has 0 amide bonds. The molecular formula is CaCrO4S+3. The Balaban J connectivity index is -0.0000000800. The van der Waals surface area contributed by atoms with Crippen molar-refractivity contribution in [3.05, 3.63) is 0 Å². The Kier molecular flexibility index (Phi) is 13.1. The molecule has 0 aliphatic heterocycles. The van der Waals surface area contributed by atoms with Gasteiger partial charge in [0.05, 0.1) is 0 Å². The van der Waals surface area contributed by atoms with Crippen LogP contribution in [-0.2, 0) is 27.8 Å². The SMILES string of the molecule is O=S(=O)([O-])[O-].[Ca+2].[Cr+3]. The first-order valence-corrected chi connectivity index (χ1v) is 2.00. The molecule has 35 valence electrons. The van der Waals surface area contributed by atoms with Crippen LogP contribution < -0.4 is 0 Å². The fourth-order valence-electron chi connectivity index (χ4n) is 0. The van der Waals surface area contributed by atoms with E-state index in [0.29, 0.717) is 0 Å². The Morgan fingerprint density at radius 1 is 1.14 bits per heavy atom. The van der Waals surface area contributed by atoms with Crippen molar-refractivity contribution in [3.8, 4) is 0 Å². The van der Waals surface area contributed by atoms with Gasteiger partial charge in [0.2, 0.25) is 0 Å². The summed E-state index contributed by atoms with van der Waals surface area (Å²) in [6.45, 7) is 0. The van der Waals surface area contributed by atoms with Gasteiger partial charge >= 0.3 is 55.1 Å². The summed E-state index contributed by atoms with van der Waals surface area (Å²) < 4.78 is 34.1. The molecule has 0 aromatic carbocycles. The van der Waals surface area contributed by atoms with E-state index in [1.165, 1.54) is 0 Å².